The largest absolute Gasteiger partial charge is 0.491 e. The molecule has 0 atom stereocenters. The smallest absolute Gasteiger partial charge is 0.310 e. The predicted molar refractivity (Wildman–Crippen MR) is 85.6 cm³/mol. The lowest BCUT2D eigenvalue weighted by Crippen LogP contribution is -2.25. The fourth-order valence-corrected chi connectivity index (χ4v) is 2.33. The zero-order valence-electron chi connectivity index (χ0n) is 14.3. The summed E-state index contributed by atoms with van der Waals surface area (Å²) in [6.45, 7) is 4.94. The molecule has 2 rings (SSSR count). The molecular weight excluding hydrogens is 335 g/mol. The minimum atomic E-state index is -1.48. The lowest BCUT2D eigenvalue weighted by atomic mass is 9.98. The van der Waals surface area contributed by atoms with Crippen LogP contribution in [0, 0.1) is 17.5 Å². The van der Waals surface area contributed by atoms with Gasteiger partial charge < -0.3 is 9.47 Å². The van der Waals surface area contributed by atoms with E-state index in [9.17, 15) is 18.0 Å². The van der Waals surface area contributed by atoms with Gasteiger partial charge in [-0.1, -0.05) is 6.07 Å². The molecule has 0 aliphatic heterocycles. The van der Waals surface area contributed by atoms with Gasteiger partial charge in [-0.3, -0.25) is 9.78 Å². The van der Waals surface area contributed by atoms with Crippen molar-refractivity contribution in [1.82, 2.24) is 4.98 Å². The minimum Gasteiger partial charge on any atom is -0.491 e. The highest BCUT2D eigenvalue weighted by Gasteiger charge is 2.29. The number of rotatable bonds is 4. The van der Waals surface area contributed by atoms with Gasteiger partial charge in [0.2, 0.25) is 5.82 Å². The monoisotopic (exact) mass is 353 g/mol. The number of methoxy groups -OCH3 is 1. The molecule has 25 heavy (non-hydrogen) atoms. The molecule has 0 fully saturated rings. The third-order valence-corrected chi connectivity index (χ3v) is 3.24. The number of ether oxygens (including phenoxy) is 2. The van der Waals surface area contributed by atoms with Gasteiger partial charge in [-0.05, 0) is 32.9 Å². The first-order valence-corrected chi connectivity index (χ1v) is 7.52. The van der Waals surface area contributed by atoms with E-state index >= 15 is 0 Å². The second-order valence-corrected chi connectivity index (χ2v) is 6.31. The fraction of sp³-hybridized carbons (Fsp3) is 0.333. The lowest BCUT2D eigenvalue weighted by Gasteiger charge is -2.21. The summed E-state index contributed by atoms with van der Waals surface area (Å²) in [7, 11) is 1.01. The summed E-state index contributed by atoms with van der Waals surface area (Å²) in [5.74, 6) is -5.65. The molecule has 134 valence electrons. The highest BCUT2D eigenvalue weighted by molar-refractivity contribution is 5.78. The summed E-state index contributed by atoms with van der Waals surface area (Å²) in [5.41, 5.74) is -1.61. The van der Waals surface area contributed by atoms with Gasteiger partial charge >= 0.3 is 5.97 Å². The molecule has 0 radical (unpaired) electrons. The molecular formula is C18H18F3NO3. The highest BCUT2D eigenvalue weighted by Crippen LogP contribution is 2.36. The first-order valence-electron chi connectivity index (χ1n) is 7.52. The van der Waals surface area contributed by atoms with Gasteiger partial charge in [-0.15, -0.1) is 0 Å². The summed E-state index contributed by atoms with van der Waals surface area (Å²) >= 11 is 0. The molecule has 1 aromatic carbocycles. The van der Waals surface area contributed by atoms with Crippen molar-refractivity contribution < 1.29 is 27.4 Å². The molecule has 0 aliphatic carbocycles. The summed E-state index contributed by atoms with van der Waals surface area (Å²) in [5, 5.41) is 0. The van der Waals surface area contributed by atoms with Crippen LogP contribution >= 0.6 is 0 Å². The summed E-state index contributed by atoms with van der Waals surface area (Å²) in [6.07, 6.45) is 0.759. The number of esters is 1. The Hall–Kier alpha value is -2.57. The van der Waals surface area contributed by atoms with Crippen molar-refractivity contribution in [2.75, 3.05) is 7.11 Å². The van der Waals surface area contributed by atoms with Gasteiger partial charge in [0.25, 0.3) is 0 Å². The maximum atomic E-state index is 14.7. The molecule has 0 unspecified atom stereocenters. The normalized spacial score (nSPS) is 11.3. The van der Waals surface area contributed by atoms with Gasteiger partial charge in [0, 0.05) is 17.3 Å². The number of aromatic nitrogens is 1. The van der Waals surface area contributed by atoms with Crippen LogP contribution in [0.5, 0.6) is 5.75 Å². The van der Waals surface area contributed by atoms with E-state index in [1.165, 1.54) is 12.3 Å². The van der Waals surface area contributed by atoms with Crippen LogP contribution in [0.3, 0.4) is 0 Å². The van der Waals surface area contributed by atoms with Crippen molar-refractivity contribution >= 4 is 5.97 Å². The molecule has 1 aromatic heterocycles. The maximum Gasteiger partial charge on any atom is 0.310 e. The first-order chi connectivity index (χ1) is 11.7. The molecule has 0 N–H and O–H groups in total. The second-order valence-electron chi connectivity index (χ2n) is 6.31. The molecule has 1 heterocycles. The zero-order chi connectivity index (χ0) is 18.8. The zero-order valence-corrected chi connectivity index (χ0v) is 14.3. The molecule has 0 bridgehead atoms. The molecule has 2 aromatic rings. The number of pyridine rings is 1. The standard InChI is InChI=1S/C18H18F3NO3/c1-18(2,3)25-12(23)9-10-13(11-7-5-6-8-22-11)15(20)16(21)17(24-4)14(10)19/h5-8H,9H2,1-4H3. The van der Waals surface area contributed by atoms with Crippen LogP contribution in [0.25, 0.3) is 11.3 Å². The van der Waals surface area contributed by atoms with Crippen molar-refractivity contribution in [2.45, 2.75) is 32.8 Å². The van der Waals surface area contributed by atoms with E-state index in [2.05, 4.69) is 9.72 Å². The summed E-state index contributed by atoms with van der Waals surface area (Å²) in [6, 6.07) is 4.51. The number of benzene rings is 1. The van der Waals surface area contributed by atoms with Crippen LogP contribution in [0.4, 0.5) is 13.2 Å². The summed E-state index contributed by atoms with van der Waals surface area (Å²) < 4.78 is 53.1. The predicted octanol–water partition coefficient (Wildman–Crippen LogP) is 4.06. The molecule has 0 saturated carbocycles. The minimum absolute atomic E-state index is 0.000915. The number of hydrogen-bond donors (Lipinski definition) is 0. The van der Waals surface area contributed by atoms with Gasteiger partial charge in [0.15, 0.2) is 17.4 Å². The SMILES string of the molecule is COc1c(F)c(F)c(-c2ccccn2)c(CC(=O)OC(C)(C)C)c1F. The molecule has 0 amide bonds. The Bertz CT molecular complexity index is 787. The van der Waals surface area contributed by atoms with Crippen LogP contribution < -0.4 is 4.74 Å². The quantitative estimate of drug-likeness (QED) is 0.614. The lowest BCUT2D eigenvalue weighted by molar-refractivity contribution is -0.153. The van der Waals surface area contributed by atoms with Crippen molar-refractivity contribution in [1.29, 1.82) is 0 Å². The Morgan fingerprint density at radius 3 is 2.32 bits per heavy atom. The van der Waals surface area contributed by atoms with Crippen LogP contribution in [0.2, 0.25) is 0 Å². The molecule has 0 spiro atoms. The topological polar surface area (TPSA) is 48.4 Å². The fourth-order valence-electron chi connectivity index (χ4n) is 2.33. The third kappa shape index (κ3) is 4.10. The molecule has 0 aliphatic rings. The van der Waals surface area contributed by atoms with E-state index in [0.29, 0.717) is 0 Å². The van der Waals surface area contributed by atoms with Crippen LogP contribution in [-0.2, 0) is 16.0 Å². The average Bonchev–Trinajstić information content (AvgIpc) is 2.52. The van der Waals surface area contributed by atoms with Gasteiger partial charge in [-0.2, -0.15) is 4.39 Å². The number of hydrogen-bond acceptors (Lipinski definition) is 4. The van der Waals surface area contributed by atoms with E-state index in [-0.39, 0.29) is 11.3 Å². The van der Waals surface area contributed by atoms with E-state index < -0.39 is 46.8 Å². The third-order valence-electron chi connectivity index (χ3n) is 3.24. The van der Waals surface area contributed by atoms with Crippen molar-refractivity contribution in [3.05, 3.63) is 47.4 Å². The Morgan fingerprint density at radius 1 is 1.12 bits per heavy atom. The Morgan fingerprint density at radius 2 is 1.80 bits per heavy atom. The number of carbonyl (C=O) groups is 1. The molecule has 4 nitrogen and oxygen atoms in total. The van der Waals surface area contributed by atoms with E-state index in [1.54, 1.807) is 32.9 Å². The summed E-state index contributed by atoms with van der Waals surface area (Å²) in [4.78, 5) is 16.0. The van der Waals surface area contributed by atoms with Gasteiger partial charge in [0.1, 0.15) is 5.60 Å². The Kier molecular flexibility index (Phi) is 5.35. The Balaban J connectivity index is 2.63. The van der Waals surface area contributed by atoms with Crippen molar-refractivity contribution in [3.8, 4) is 17.0 Å². The number of nitrogens with zero attached hydrogens (tertiary/aromatic N) is 1. The number of carbonyl (C=O) groups excluding carboxylic acids is 1. The van der Waals surface area contributed by atoms with Gasteiger partial charge in [0.05, 0.1) is 19.2 Å². The Labute approximate surface area is 143 Å². The highest BCUT2D eigenvalue weighted by atomic mass is 19.2. The van der Waals surface area contributed by atoms with Crippen LogP contribution in [0.15, 0.2) is 24.4 Å². The maximum absolute atomic E-state index is 14.7. The van der Waals surface area contributed by atoms with E-state index in [0.717, 1.165) is 7.11 Å². The first kappa shape index (κ1) is 18.8. The van der Waals surface area contributed by atoms with Crippen LogP contribution in [-0.4, -0.2) is 23.7 Å². The van der Waals surface area contributed by atoms with Gasteiger partial charge in [-0.25, -0.2) is 8.78 Å². The van der Waals surface area contributed by atoms with Crippen LogP contribution in [0.1, 0.15) is 26.3 Å². The number of halogens is 3. The second kappa shape index (κ2) is 7.13. The van der Waals surface area contributed by atoms with E-state index in [4.69, 9.17) is 4.74 Å². The average molecular weight is 353 g/mol. The molecule has 7 heteroatoms. The molecule has 0 saturated heterocycles. The van der Waals surface area contributed by atoms with Crippen molar-refractivity contribution in [2.24, 2.45) is 0 Å². The van der Waals surface area contributed by atoms with E-state index in [1.807, 2.05) is 0 Å². The van der Waals surface area contributed by atoms with Crippen molar-refractivity contribution in [3.63, 3.8) is 0 Å².